The van der Waals surface area contributed by atoms with Gasteiger partial charge in [0.15, 0.2) is 0 Å². The first kappa shape index (κ1) is 19.7. The highest BCUT2D eigenvalue weighted by atomic mass is 32.2. The van der Waals surface area contributed by atoms with Crippen molar-refractivity contribution in [1.82, 2.24) is 0 Å². The number of unbranched alkanes of at least 4 members (excludes halogenated alkanes) is 1. The number of hydrogen-bond acceptors (Lipinski definition) is 2. The van der Waals surface area contributed by atoms with Gasteiger partial charge in [-0.2, -0.15) is 34.8 Å². The van der Waals surface area contributed by atoms with Gasteiger partial charge in [0.2, 0.25) is 5.69 Å². The van der Waals surface area contributed by atoms with Crippen LogP contribution >= 0.6 is 0 Å². The van der Waals surface area contributed by atoms with E-state index in [1.807, 2.05) is 0 Å². The third-order valence-corrected chi connectivity index (χ3v) is 4.54. The average Bonchev–Trinajstić information content (AvgIpc) is 2.82. The summed E-state index contributed by atoms with van der Waals surface area (Å²) in [5.74, 6) is -0.524. The Morgan fingerprint density at radius 2 is 1.68 bits per heavy atom. The van der Waals surface area contributed by atoms with Crippen LogP contribution in [0.15, 0.2) is 12.1 Å². The van der Waals surface area contributed by atoms with Crippen molar-refractivity contribution in [3.05, 3.63) is 28.8 Å². The molecule has 1 aliphatic rings. The summed E-state index contributed by atoms with van der Waals surface area (Å²) < 4.78 is 109. The summed E-state index contributed by atoms with van der Waals surface area (Å²) >= 11 is 0. The molecule has 0 aromatic heterocycles. The Morgan fingerprint density at radius 3 is 2.20 bits per heavy atom. The fourth-order valence-corrected chi connectivity index (χ4v) is 3.19. The molecule has 25 heavy (non-hydrogen) atoms. The molecule has 0 amide bonds. The molecule has 11 heteroatoms. The van der Waals surface area contributed by atoms with E-state index in [1.54, 1.807) is 0 Å². The largest absolute Gasteiger partial charge is 0.416 e. The normalized spacial score (nSPS) is 15.2. The molecule has 0 fully saturated rings. The Hall–Kier alpha value is -1.62. The summed E-state index contributed by atoms with van der Waals surface area (Å²) in [7, 11) is -4.16. The molecule has 0 radical (unpaired) electrons. The quantitative estimate of drug-likeness (QED) is 0.361. The Kier molecular flexibility index (Phi) is 5.20. The van der Waals surface area contributed by atoms with Gasteiger partial charge in [0.1, 0.15) is 12.8 Å². The van der Waals surface area contributed by atoms with E-state index in [2.05, 4.69) is 0 Å². The molecular weight excluding hydrogens is 376 g/mol. The van der Waals surface area contributed by atoms with E-state index in [9.17, 15) is 34.8 Å². The van der Waals surface area contributed by atoms with E-state index >= 15 is 0 Å². The molecule has 140 valence electrons. The summed E-state index contributed by atoms with van der Waals surface area (Å²) in [6, 6.07) is 0.769. The number of benzene rings is 1. The van der Waals surface area contributed by atoms with Crippen LogP contribution in [-0.2, 0) is 28.9 Å². The van der Waals surface area contributed by atoms with Crippen LogP contribution in [0, 0.1) is 0 Å². The van der Waals surface area contributed by atoms with Gasteiger partial charge in [0.25, 0.3) is 10.1 Å². The summed E-state index contributed by atoms with van der Waals surface area (Å²) in [4.78, 5) is 0. The van der Waals surface area contributed by atoms with Crippen molar-refractivity contribution in [3.8, 4) is 0 Å². The van der Waals surface area contributed by atoms with Crippen LogP contribution in [0.2, 0.25) is 0 Å². The molecule has 0 bridgehead atoms. The van der Waals surface area contributed by atoms with Gasteiger partial charge < -0.3 is 0 Å². The first-order chi connectivity index (χ1) is 11.3. The highest BCUT2D eigenvalue weighted by Gasteiger charge is 2.42. The van der Waals surface area contributed by atoms with Gasteiger partial charge in [-0.05, 0) is 12.5 Å². The minimum atomic E-state index is -4.92. The fraction of sp³-hybridized carbons (Fsp3) is 0.500. The Labute approximate surface area is 139 Å². The topological polar surface area (TPSA) is 57.4 Å². The van der Waals surface area contributed by atoms with Crippen molar-refractivity contribution in [1.29, 1.82) is 0 Å². The maximum absolute atomic E-state index is 13.1. The predicted molar refractivity (Wildman–Crippen MR) is 76.7 cm³/mol. The van der Waals surface area contributed by atoms with E-state index in [4.69, 9.17) is 4.55 Å². The third kappa shape index (κ3) is 4.94. The lowest BCUT2D eigenvalue weighted by Crippen LogP contribution is -2.14. The van der Waals surface area contributed by atoms with Crippen molar-refractivity contribution in [2.45, 2.75) is 31.6 Å². The number of hydrogen-bond donors (Lipinski definition) is 1. The van der Waals surface area contributed by atoms with Crippen LogP contribution < -0.4 is 0 Å². The molecule has 0 aliphatic carbocycles. The standard InChI is InChI=1S/C14H13F6NO3S/c15-13(16,17)9-7-11(14(18,19)20)10-3-5-21(12(10)8-9)4-1-2-6-25(22,23)24/h5,7-8H,1-4,6H2/p+1. The molecule has 2 rings (SSSR count). The van der Waals surface area contributed by atoms with Crippen LogP contribution in [0.1, 0.15) is 29.5 Å². The molecule has 1 aromatic carbocycles. The van der Waals surface area contributed by atoms with E-state index in [1.165, 1.54) is 10.8 Å². The number of rotatable bonds is 5. The fourth-order valence-electron chi connectivity index (χ4n) is 2.62. The molecule has 0 atom stereocenters. The van der Waals surface area contributed by atoms with E-state index in [-0.39, 0.29) is 43.1 Å². The number of nitrogens with zero attached hydrogens (tertiary/aromatic N) is 1. The first-order valence-corrected chi connectivity index (χ1v) is 8.76. The van der Waals surface area contributed by atoms with Crippen molar-refractivity contribution < 1.29 is 43.9 Å². The smallest absolute Gasteiger partial charge is 0.286 e. The van der Waals surface area contributed by atoms with E-state index in [0.717, 1.165) is 0 Å². The molecule has 0 saturated heterocycles. The maximum atomic E-state index is 13.1. The molecule has 0 unspecified atom stereocenters. The van der Waals surface area contributed by atoms with Crippen molar-refractivity contribution in [3.63, 3.8) is 0 Å². The third-order valence-electron chi connectivity index (χ3n) is 3.74. The van der Waals surface area contributed by atoms with Crippen LogP contribution in [0.5, 0.6) is 0 Å². The lowest BCUT2D eigenvalue weighted by Gasteiger charge is -2.14. The van der Waals surface area contributed by atoms with Crippen LogP contribution in [0.3, 0.4) is 0 Å². The molecule has 0 spiro atoms. The number of halogens is 6. The SMILES string of the molecule is O=S(=O)(O)CCCC[N+]1=CCc2c1cc(C(F)(F)F)cc2C(F)(F)F. The Bertz CT molecular complexity index is 796. The van der Waals surface area contributed by atoms with Gasteiger partial charge >= 0.3 is 12.4 Å². The average molecular weight is 390 g/mol. The molecule has 1 N–H and O–H groups in total. The van der Waals surface area contributed by atoms with E-state index < -0.39 is 39.4 Å². The second kappa shape index (κ2) is 6.60. The minimum Gasteiger partial charge on any atom is -0.286 e. The second-order valence-corrected chi connectivity index (χ2v) is 7.16. The van der Waals surface area contributed by atoms with Gasteiger partial charge in [-0.3, -0.25) is 4.55 Å². The highest BCUT2D eigenvalue weighted by Crippen LogP contribution is 2.42. The number of fused-ring (bicyclic) bond motifs is 1. The van der Waals surface area contributed by atoms with Gasteiger partial charge in [-0.25, -0.2) is 4.58 Å². The Morgan fingerprint density at radius 1 is 1.04 bits per heavy atom. The lowest BCUT2D eigenvalue weighted by molar-refractivity contribution is -0.433. The predicted octanol–water partition coefficient (Wildman–Crippen LogP) is 3.66. The van der Waals surface area contributed by atoms with Crippen LogP contribution in [0.4, 0.5) is 32.0 Å². The molecule has 1 aliphatic heterocycles. The summed E-state index contributed by atoms with van der Waals surface area (Å²) in [6.45, 7) is 0.0428. The first-order valence-electron chi connectivity index (χ1n) is 7.15. The zero-order valence-electron chi connectivity index (χ0n) is 12.7. The van der Waals surface area contributed by atoms with Gasteiger partial charge in [-0.15, -0.1) is 0 Å². The van der Waals surface area contributed by atoms with Crippen LogP contribution in [0.25, 0.3) is 0 Å². The van der Waals surface area contributed by atoms with Crippen LogP contribution in [-0.4, -0.2) is 36.1 Å². The maximum Gasteiger partial charge on any atom is 0.416 e. The van der Waals surface area contributed by atoms with E-state index in [0.29, 0.717) is 6.07 Å². The summed E-state index contributed by atoms with van der Waals surface area (Å²) in [5.41, 5.74) is -3.14. The summed E-state index contributed by atoms with van der Waals surface area (Å²) in [6.07, 6.45) is -8.46. The zero-order chi connectivity index (χ0) is 19.0. The number of alkyl halides is 6. The molecular formula is C14H14F6NO3S+. The molecule has 1 aromatic rings. The molecule has 0 saturated carbocycles. The van der Waals surface area contributed by atoms with Crippen molar-refractivity contribution in [2.75, 3.05) is 12.3 Å². The highest BCUT2D eigenvalue weighted by molar-refractivity contribution is 7.85. The Balaban J connectivity index is 2.29. The second-order valence-electron chi connectivity index (χ2n) is 5.59. The monoisotopic (exact) mass is 390 g/mol. The minimum absolute atomic E-state index is 0.0313. The molecule has 4 nitrogen and oxygen atoms in total. The lowest BCUT2D eigenvalue weighted by atomic mass is 10.00. The van der Waals surface area contributed by atoms with Gasteiger partial charge in [-0.1, -0.05) is 0 Å². The van der Waals surface area contributed by atoms with Gasteiger partial charge in [0.05, 0.1) is 23.3 Å². The molecule has 1 heterocycles. The zero-order valence-corrected chi connectivity index (χ0v) is 13.5. The van der Waals surface area contributed by atoms with Crippen molar-refractivity contribution >= 4 is 22.0 Å². The van der Waals surface area contributed by atoms with Gasteiger partial charge in [0, 0.05) is 18.1 Å². The van der Waals surface area contributed by atoms with Crippen molar-refractivity contribution in [2.24, 2.45) is 0 Å². The summed E-state index contributed by atoms with van der Waals surface area (Å²) in [5, 5.41) is 0.